The number of amides is 1. The minimum Gasteiger partial charge on any atom is -0.298 e. The van der Waals surface area contributed by atoms with E-state index in [0.29, 0.717) is 5.13 Å². The molecule has 1 N–H and O–H groups in total. The Balaban J connectivity index is 1.88. The maximum absolute atomic E-state index is 13.6. The number of aryl methyl sites for hydroxylation is 1. The van der Waals surface area contributed by atoms with Gasteiger partial charge in [0.25, 0.3) is 5.91 Å². The highest BCUT2D eigenvalue weighted by atomic mass is 79.9. The fourth-order valence-electron chi connectivity index (χ4n) is 1.99. The molecule has 1 amide bonds. The molecule has 2 heterocycles. The summed E-state index contributed by atoms with van der Waals surface area (Å²) in [5.74, 6) is -2.66. The molecule has 0 aliphatic carbocycles. The van der Waals surface area contributed by atoms with Gasteiger partial charge >= 0.3 is 0 Å². The van der Waals surface area contributed by atoms with Crippen LogP contribution in [0.15, 0.2) is 34.1 Å². The van der Waals surface area contributed by atoms with E-state index < -0.39 is 23.1 Å². The Hall–Kier alpha value is -1.64. The molecule has 3 aromatic rings. The SMILES string of the molecule is Cc1nc(NC(=O)c2c(F)cccc2F)sc1-c1ccc(Br)s1. The van der Waals surface area contributed by atoms with E-state index in [9.17, 15) is 13.6 Å². The van der Waals surface area contributed by atoms with Gasteiger partial charge in [-0.1, -0.05) is 17.4 Å². The van der Waals surface area contributed by atoms with Crippen LogP contribution in [0.4, 0.5) is 13.9 Å². The fraction of sp³-hybridized carbons (Fsp3) is 0.0667. The Morgan fingerprint density at radius 3 is 2.48 bits per heavy atom. The topological polar surface area (TPSA) is 42.0 Å². The van der Waals surface area contributed by atoms with Crippen molar-refractivity contribution in [3.05, 3.63) is 57.0 Å². The van der Waals surface area contributed by atoms with Crippen LogP contribution in [0.25, 0.3) is 9.75 Å². The monoisotopic (exact) mass is 414 g/mol. The molecule has 0 unspecified atom stereocenters. The number of hydrogen-bond acceptors (Lipinski definition) is 4. The number of anilines is 1. The van der Waals surface area contributed by atoms with Crippen molar-refractivity contribution in [1.82, 2.24) is 4.98 Å². The molecule has 0 aliphatic heterocycles. The Morgan fingerprint density at radius 2 is 1.87 bits per heavy atom. The van der Waals surface area contributed by atoms with Gasteiger partial charge in [0, 0.05) is 4.88 Å². The summed E-state index contributed by atoms with van der Waals surface area (Å²) in [5, 5.41) is 2.76. The van der Waals surface area contributed by atoms with E-state index in [1.54, 1.807) is 11.3 Å². The van der Waals surface area contributed by atoms with Crippen molar-refractivity contribution in [1.29, 1.82) is 0 Å². The van der Waals surface area contributed by atoms with Crippen molar-refractivity contribution in [2.45, 2.75) is 6.92 Å². The van der Waals surface area contributed by atoms with Crippen LogP contribution in [0.2, 0.25) is 0 Å². The highest BCUT2D eigenvalue weighted by Crippen LogP contribution is 2.38. The molecule has 3 rings (SSSR count). The molecule has 1 aromatic carbocycles. The lowest BCUT2D eigenvalue weighted by Crippen LogP contribution is -2.15. The third-order valence-electron chi connectivity index (χ3n) is 3.00. The lowest BCUT2D eigenvalue weighted by atomic mass is 10.2. The summed E-state index contributed by atoms with van der Waals surface area (Å²) >= 11 is 6.20. The number of thiazole rings is 1. The second-order valence-electron chi connectivity index (χ2n) is 4.59. The van der Waals surface area contributed by atoms with Crippen LogP contribution < -0.4 is 5.32 Å². The van der Waals surface area contributed by atoms with Crippen molar-refractivity contribution in [3.8, 4) is 9.75 Å². The van der Waals surface area contributed by atoms with Crippen LogP contribution in [0, 0.1) is 18.6 Å². The van der Waals surface area contributed by atoms with Gasteiger partial charge in [-0.2, -0.15) is 0 Å². The minimum absolute atomic E-state index is 0.301. The molecule has 0 fully saturated rings. The summed E-state index contributed by atoms with van der Waals surface area (Å²) in [7, 11) is 0. The first-order chi connectivity index (χ1) is 11.0. The van der Waals surface area contributed by atoms with Gasteiger partial charge in [0.15, 0.2) is 5.13 Å². The zero-order chi connectivity index (χ0) is 16.6. The number of carbonyl (C=O) groups excluding carboxylic acids is 1. The van der Waals surface area contributed by atoms with E-state index in [1.807, 2.05) is 19.1 Å². The molecular formula is C15H9BrF2N2OS2. The van der Waals surface area contributed by atoms with E-state index in [2.05, 4.69) is 26.2 Å². The van der Waals surface area contributed by atoms with Crippen LogP contribution in [0.3, 0.4) is 0 Å². The lowest BCUT2D eigenvalue weighted by Gasteiger charge is -2.04. The smallest absolute Gasteiger partial charge is 0.263 e. The average Bonchev–Trinajstić information content (AvgIpc) is 3.04. The summed E-state index contributed by atoms with van der Waals surface area (Å²) in [6.45, 7) is 1.82. The van der Waals surface area contributed by atoms with Crippen LogP contribution in [0.5, 0.6) is 0 Å². The van der Waals surface area contributed by atoms with Crippen LogP contribution >= 0.6 is 38.6 Å². The Labute approximate surface area is 147 Å². The number of hydrogen-bond donors (Lipinski definition) is 1. The maximum atomic E-state index is 13.6. The number of carbonyl (C=O) groups is 1. The standard InChI is InChI=1S/C15H9BrF2N2OS2/c1-7-13(10-5-6-11(16)22-10)23-15(19-7)20-14(21)12-8(17)3-2-4-9(12)18/h2-6H,1H3,(H,19,20,21). The summed E-state index contributed by atoms with van der Waals surface area (Å²) in [6, 6.07) is 7.16. The molecular weight excluding hydrogens is 406 g/mol. The highest BCUT2D eigenvalue weighted by molar-refractivity contribution is 9.11. The lowest BCUT2D eigenvalue weighted by molar-refractivity contribution is 0.101. The number of nitrogens with zero attached hydrogens (tertiary/aromatic N) is 1. The molecule has 0 bridgehead atoms. The van der Waals surface area contributed by atoms with Crippen molar-refractivity contribution in [2.75, 3.05) is 5.32 Å². The molecule has 2 aromatic heterocycles. The van der Waals surface area contributed by atoms with Gasteiger partial charge in [-0.25, -0.2) is 13.8 Å². The normalized spacial score (nSPS) is 10.8. The summed E-state index contributed by atoms with van der Waals surface area (Å²) in [6.07, 6.45) is 0. The second-order valence-corrected chi connectivity index (χ2v) is 8.05. The molecule has 0 atom stereocenters. The van der Waals surface area contributed by atoms with Gasteiger partial charge in [-0.05, 0) is 47.1 Å². The zero-order valence-electron chi connectivity index (χ0n) is 11.7. The molecule has 23 heavy (non-hydrogen) atoms. The Kier molecular flexibility index (Phi) is 4.56. The van der Waals surface area contributed by atoms with E-state index in [-0.39, 0.29) is 0 Å². The van der Waals surface area contributed by atoms with Gasteiger partial charge in [-0.3, -0.25) is 10.1 Å². The predicted octanol–water partition coefficient (Wildman–Crippen LogP) is 5.47. The van der Waals surface area contributed by atoms with Gasteiger partial charge < -0.3 is 0 Å². The largest absolute Gasteiger partial charge is 0.298 e. The second kappa shape index (κ2) is 6.46. The molecule has 0 saturated heterocycles. The third kappa shape index (κ3) is 3.34. The molecule has 3 nitrogen and oxygen atoms in total. The molecule has 0 saturated carbocycles. The van der Waals surface area contributed by atoms with Crippen LogP contribution in [0.1, 0.15) is 16.1 Å². The quantitative estimate of drug-likeness (QED) is 0.616. The van der Waals surface area contributed by atoms with Crippen LogP contribution in [-0.4, -0.2) is 10.9 Å². The van der Waals surface area contributed by atoms with E-state index in [4.69, 9.17) is 0 Å². The number of nitrogens with one attached hydrogen (secondary N) is 1. The van der Waals surface area contributed by atoms with Gasteiger partial charge in [0.1, 0.15) is 17.2 Å². The van der Waals surface area contributed by atoms with Crippen molar-refractivity contribution < 1.29 is 13.6 Å². The first kappa shape index (κ1) is 16.2. The maximum Gasteiger partial charge on any atom is 0.263 e. The van der Waals surface area contributed by atoms with Crippen LogP contribution in [-0.2, 0) is 0 Å². The first-order valence-electron chi connectivity index (χ1n) is 6.44. The average molecular weight is 415 g/mol. The van der Waals surface area contributed by atoms with Gasteiger partial charge in [0.05, 0.1) is 14.4 Å². The highest BCUT2D eigenvalue weighted by Gasteiger charge is 2.19. The summed E-state index contributed by atoms with van der Waals surface area (Å²) < 4.78 is 28.3. The molecule has 8 heteroatoms. The Morgan fingerprint density at radius 1 is 1.17 bits per heavy atom. The molecule has 0 spiro atoms. The fourth-order valence-corrected chi connectivity index (χ4v) is 4.50. The summed E-state index contributed by atoms with van der Waals surface area (Å²) in [5.41, 5.74) is 0.134. The van der Waals surface area contributed by atoms with E-state index in [1.165, 1.54) is 17.4 Å². The summed E-state index contributed by atoms with van der Waals surface area (Å²) in [4.78, 5) is 18.3. The molecule has 118 valence electrons. The zero-order valence-corrected chi connectivity index (χ0v) is 14.9. The number of benzene rings is 1. The molecule has 0 aliphatic rings. The number of rotatable bonds is 3. The molecule has 0 radical (unpaired) electrons. The minimum atomic E-state index is -0.904. The van der Waals surface area contributed by atoms with E-state index >= 15 is 0 Å². The van der Waals surface area contributed by atoms with Crippen molar-refractivity contribution >= 4 is 49.6 Å². The van der Waals surface area contributed by atoms with Gasteiger partial charge in [-0.15, -0.1) is 11.3 Å². The third-order valence-corrected chi connectivity index (χ3v) is 5.88. The Bertz CT molecular complexity index is 871. The predicted molar refractivity (Wildman–Crippen MR) is 92.2 cm³/mol. The number of aromatic nitrogens is 1. The van der Waals surface area contributed by atoms with Crippen molar-refractivity contribution in [3.63, 3.8) is 0 Å². The first-order valence-corrected chi connectivity index (χ1v) is 8.87. The van der Waals surface area contributed by atoms with E-state index in [0.717, 1.165) is 31.4 Å². The number of halogens is 3. The number of thiophene rings is 1. The van der Waals surface area contributed by atoms with Gasteiger partial charge in [0.2, 0.25) is 0 Å². The van der Waals surface area contributed by atoms with Crippen molar-refractivity contribution in [2.24, 2.45) is 0 Å².